The summed E-state index contributed by atoms with van der Waals surface area (Å²) >= 11 is 0. The number of carbonyl (C=O) groups is 1. The van der Waals surface area contributed by atoms with Gasteiger partial charge in [-0.2, -0.15) is 0 Å². The summed E-state index contributed by atoms with van der Waals surface area (Å²) in [7, 11) is 0. The highest BCUT2D eigenvalue weighted by Crippen LogP contribution is 2.51. The Kier molecular flexibility index (Phi) is 4.78. The van der Waals surface area contributed by atoms with Crippen LogP contribution in [0.5, 0.6) is 0 Å². The van der Waals surface area contributed by atoms with Gasteiger partial charge in [0.05, 0.1) is 0 Å². The Morgan fingerprint density at radius 2 is 2.00 bits per heavy atom. The Morgan fingerprint density at radius 3 is 2.44 bits per heavy atom. The average Bonchev–Trinajstić information content (AvgIpc) is 3.04. The lowest BCUT2D eigenvalue weighted by atomic mass is 9.92. The van der Waals surface area contributed by atoms with Crippen molar-refractivity contribution in [2.24, 2.45) is 23.0 Å². The topological polar surface area (TPSA) is 55.1 Å². The molecule has 3 N–H and O–H groups in total. The maximum atomic E-state index is 11.6. The van der Waals surface area contributed by atoms with Gasteiger partial charge in [-0.15, -0.1) is 0 Å². The van der Waals surface area contributed by atoms with Gasteiger partial charge >= 0.3 is 0 Å². The van der Waals surface area contributed by atoms with Gasteiger partial charge in [-0.1, -0.05) is 20.8 Å². The van der Waals surface area contributed by atoms with Crippen molar-refractivity contribution in [2.75, 3.05) is 13.1 Å². The molecule has 0 saturated heterocycles. The minimum Gasteiger partial charge on any atom is -0.356 e. The Morgan fingerprint density at radius 1 is 1.38 bits per heavy atom. The number of amides is 1. The summed E-state index contributed by atoms with van der Waals surface area (Å²) in [6.07, 6.45) is 4.05. The molecule has 0 aliphatic heterocycles. The number of rotatable bonds is 7. The minimum absolute atomic E-state index is 0.187. The Balaban J connectivity index is 2.16. The molecule has 3 heteroatoms. The van der Waals surface area contributed by atoms with E-state index < -0.39 is 0 Å². The number of carbonyl (C=O) groups excluding carboxylic acids is 1. The molecule has 0 bridgehead atoms. The average molecular weight is 226 g/mol. The summed E-state index contributed by atoms with van der Waals surface area (Å²) in [6, 6.07) is 0. The third-order valence-corrected chi connectivity index (χ3v) is 4.02. The van der Waals surface area contributed by atoms with Gasteiger partial charge in [0.1, 0.15) is 0 Å². The zero-order valence-electron chi connectivity index (χ0n) is 10.9. The molecule has 1 atom stereocenters. The van der Waals surface area contributed by atoms with Crippen LogP contribution in [0.1, 0.15) is 46.5 Å². The molecule has 0 heterocycles. The fourth-order valence-electron chi connectivity index (χ4n) is 1.98. The van der Waals surface area contributed by atoms with Crippen LogP contribution in [-0.4, -0.2) is 19.0 Å². The number of nitrogens with two attached hydrogens (primary N) is 1. The second kappa shape index (κ2) is 5.67. The van der Waals surface area contributed by atoms with Crippen molar-refractivity contribution in [1.29, 1.82) is 0 Å². The van der Waals surface area contributed by atoms with E-state index in [1.807, 2.05) is 0 Å². The van der Waals surface area contributed by atoms with Gasteiger partial charge in [0.15, 0.2) is 0 Å². The van der Waals surface area contributed by atoms with E-state index in [-0.39, 0.29) is 5.91 Å². The molecule has 1 rings (SSSR count). The summed E-state index contributed by atoms with van der Waals surface area (Å²) in [5, 5.41) is 3.07. The third kappa shape index (κ3) is 3.78. The fraction of sp³-hybridized carbons (Fsp3) is 0.923. The Labute approximate surface area is 99.2 Å². The fourth-order valence-corrected chi connectivity index (χ4v) is 1.98. The van der Waals surface area contributed by atoms with Crippen LogP contribution in [0.25, 0.3) is 0 Å². The van der Waals surface area contributed by atoms with E-state index in [9.17, 15) is 4.79 Å². The molecule has 0 aromatic heterocycles. The van der Waals surface area contributed by atoms with Gasteiger partial charge in [-0.3, -0.25) is 4.79 Å². The molecule has 1 amide bonds. The first-order valence-corrected chi connectivity index (χ1v) is 6.47. The van der Waals surface area contributed by atoms with Crippen molar-refractivity contribution in [3.63, 3.8) is 0 Å². The van der Waals surface area contributed by atoms with Crippen molar-refractivity contribution in [3.05, 3.63) is 0 Å². The lowest BCUT2D eigenvalue weighted by Gasteiger charge is -2.20. The molecule has 1 saturated carbocycles. The molecule has 1 aliphatic carbocycles. The summed E-state index contributed by atoms with van der Waals surface area (Å²) in [6.45, 7) is 8.11. The zero-order chi connectivity index (χ0) is 12.2. The maximum Gasteiger partial charge on any atom is 0.220 e. The molecule has 0 radical (unpaired) electrons. The van der Waals surface area contributed by atoms with Crippen LogP contribution in [0.15, 0.2) is 0 Å². The first-order valence-electron chi connectivity index (χ1n) is 6.47. The van der Waals surface area contributed by atoms with E-state index in [0.29, 0.717) is 30.2 Å². The lowest BCUT2D eigenvalue weighted by molar-refractivity contribution is -0.121. The number of hydrogen-bond donors (Lipinski definition) is 2. The largest absolute Gasteiger partial charge is 0.356 e. The van der Waals surface area contributed by atoms with Crippen molar-refractivity contribution in [3.8, 4) is 0 Å². The van der Waals surface area contributed by atoms with Crippen LogP contribution < -0.4 is 11.1 Å². The summed E-state index contributed by atoms with van der Waals surface area (Å²) < 4.78 is 0. The number of nitrogens with one attached hydrogen (secondary N) is 1. The quantitative estimate of drug-likeness (QED) is 0.697. The van der Waals surface area contributed by atoms with E-state index in [4.69, 9.17) is 5.73 Å². The van der Waals surface area contributed by atoms with E-state index >= 15 is 0 Å². The van der Waals surface area contributed by atoms with Crippen molar-refractivity contribution in [2.45, 2.75) is 46.5 Å². The Hall–Kier alpha value is -0.570. The molecular formula is C13H26N2O. The number of hydrogen-bond acceptors (Lipinski definition) is 2. The van der Waals surface area contributed by atoms with Gasteiger partial charge < -0.3 is 11.1 Å². The highest BCUT2D eigenvalue weighted by atomic mass is 16.1. The second-order valence-electron chi connectivity index (χ2n) is 5.67. The molecule has 1 unspecified atom stereocenters. The highest BCUT2D eigenvalue weighted by molar-refractivity contribution is 5.75. The molecule has 0 aromatic rings. The first kappa shape index (κ1) is 13.5. The maximum absolute atomic E-state index is 11.6. The molecule has 16 heavy (non-hydrogen) atoms. The minimum atomic E-state index is 0.187. The summed E-state index contributed by atoms with van der Waals surface area (Å²) in [5.74, 6) is 1.31. The predicted octanol–water partition coefficient (Wildman–Crippen LogP) is 1.91. The van der Waals surface area contributed by atoms with Crippen LogP contribution >= 0.6 is 0 Å². The molecule has 1 aliphatic rings. The normalized spacial score (nSPS) is 19.6. The van der Waals surface area contributed by atoms with Gasteiger partial charge in [-0.25, -0.2) is 0 Å². The molecule has 3 nitrogen and oxygen atoms in total. The molecule has 1 fully saturated rings. The highest BCUT2D eigenvalue weighted by Gasteiger charge is 2.45. The smallest absolute Gasteiger partial charge is 0.220 e. The molecule has 94 valence electrons. The van der Waals surface area contributed by atoms with Crippen molar-refractivity contribution in [1.82, 2.24) is 5.32 Å². The SMILES string of the molecule is CC(CN)CCC(=O)NCC1(C(C)C)CC1. The van der Waals surface area contributed by atoms with Gasteiger partial charge in [0.2, 0.25) is 5.91 Å². The van der Waals surface area contributed by atoms with E-state index in [2.05, 4.69) is 26.1 Å². The van der Waals surface area contributed by atoms with Crippen molar-refractivity contribution < 1.29 is 4.79 Å². The summed E-state index contributed by atoms with van der Waals surface area (Å²) in [5.41, 5.74) is 5.93. The summed E-state index contributed by atoms with van der Waals surface area (Å²) in [4.78, 5) is 11.6. The monoisotopic (exact) mass is 226 g/mol. The van der Waals surface area contributed by atoms with Crippen LogP contribution in [-0.2, 0) is 4.79 Å². The van der Waals surface area contributed by atoms with Gasteiger partial charge in [0, 0.05) is 13.0 Å². The first-order chi connectivity index (χ1) is 7.50. The third-order valence-electron chi connectivity index (χ3n) is 4.02. The Bertz CT molecular complexity index is 234. The van der Waals surface area contributed by atoms with E-state index in [1.54, 1.807) is 0 Å². The zero-order valence-corrected chi connectivity index (χ0v) is 10.9. The second-order valence-corrected chi connectivity index (χ2v) is 5.67. The van der Waals surface area contributed by atoms with Crippen molar-refractivity contribution >= 4 is 5.91 Å². The van der Waals surface area contributed by atoms with Crippen LogP contribution in [0.2, 0.25) is 0 Å². The predicted molar refractivity (Wildman–Crippen MR) is 67.0 cm³/mol. The van der Waals surface area contributed by atoms with Gasteiger partial charge in [0.25, 0.3) is 0 Å². The van der Waals surface area contributed by atoms with Gasteiger partial charge in [-0.05, 0) is 43.1 Å². The molecule has 0 spiro atoms. The molecule has 0 aromatic carbocycles. The lowest BCUT2D eigenvalue weighted by Crippen LogP contribution is -2.32. The van der Waals surface area contributed by atoms with E-state index in [1.165, 1.54) is 12.8 Å². The molecular weight excluding hydrogens is 200 g/mol. The van der Waals surface area contributed by atoms with Crippen LogP contribution in [0.3, 0.4) is 0 Å². The standard InChI is InChI=1S/C13H26N2O/c1-10(2)13(6-7-13)9-15-12(16)5-4-11(3)8-14/h10-11H,4-9,14H2,1-3H3,(H,15,16). The van der Waals surface area contributed by atoms with Crippen LogP contribution in [0.4, 0.5) is 0 Å². The van der Waals surface area contributed by atoms with Crippen LogP contribution in [0, 0.1) is 17.3 Å². The van der Waals surface area contributed by atoms with E-state index in [0.717, 1.165) is 13.0 Å².